The molecule has 0 bridgehead atoms. The number of rotatable bonds is 4. The van der Waals surface area contributed by atoms with Crippen molar-refractivity contribution in [2.45, 2.75) is 11.1 Å². The molecule has 0 unspecified atom stereocenters. The molecule has 0 saturated carbocycles. The molecule has 7 heteroatoms. The Labute approximate surface area is 115 Å². The number of carbonyl (C=O) groups excluding carboxylic acids is 1. The summed E-state index contributed by atoms with van der Waals surface area (Å²) in [6, 6.07) is 11.6. The van der Waals surface area contributed by atoms with Crippen LogP contribution in [-0.4, -0.2) is 14.3 Å². The van der Waals surface area contributed by atoms with Crippen LogP contribution in [0.25, 0.3) is 0 Å². The molecular formula is C12H12N2O3S2. The van der Waals surface area contributed by atoms with Crippen molar-refractivity contribution in [3.63, 3.8) is 0 Å². The fourth-order valence-electron chi connectivity index (χ4n) is 1.38. The third-order valence-electron chi connectivity index (χ3n) is 2.32. The Morgan fingerprint density at radius 3 is 2.37 bits per heavy atom. The molecule has 0 spiro atoms. The van der Waals surface area contributed by atoms with Gasteiger partial charge in [0.25, 0.3) is 15.9 Å². The number of hydrogen-bond acceptors (Lipinski definition) is 4. The first kappa shape index (κ1) is 13.7. The van der Waals surface area contributed by atoms with Crippen LogP contribution in [0.1, 0.15) is 15.2 Å². The van der Waals surface area contributed by atoms with Crippen molar-refractivity contribution >= 4 is 27.3 Å². The van der Waals surface area contributed by atoms with E-state index in [0.29, 0.717) is 5.56 Å². The molecule has 0 aliphatic rings. The van der Waals surface area contributed by atoms with Gasteiger partial charge in [-0.15, -0.1) is 16.2 Å². The Kier molecular flexibility index (Phi) is 3.98. The van der Waals surface area contributed by atoms with Crippen molar-refractivity contribution in [3.05, 3.63) is 52.9 Å². The summed E-state index contributed by atoms with van der Waals surface area (Å²) in [6.45, 7) is 1.81. The normalized spacial score (nSPS) is 11.2. The van der Waals surface area contributed by atoms with Gasteiger partial charge in [-0.3, -0.25) is 10.2 Å². The number of amides is 1. The summed E-state index contributed by atoms with van der Waals surface area (Å²) in [5.74, 6) is -0.502. The fourth-order valence-corrected chi connectivity index (χ4v) is 3.50. The maximum atomic E-state index is 11.9. The molecular weight excluding hydrogens is 284 g/mol. The van der Waals surface area contributed by atoms with E-state index in [1.165, 1.54) is 6.07 Å². The maximum Gasteiger partial charge on any atom is 0.266 e. The van der Waals surface area contributed by atoms with Gasteiger partial charge >= 0.3 is 0 Å². The highest BCUT2D eigenvalue weighted by molar-refractivity contribution is 7.91. The van der Waals surface area contributed by atoms with Crippen LogP contribution in [-0.2, 0) is 10.0 Å². The predicted molar refractivity (Wildman–Crippen MR) is 73.3 cm³/mol. The predicted octanol–water partition coefficient (Wildman–Crippen LogP) is 1.68. The molecule has 0 atom stereocenters. The van der Waals surface area contributed by atoms with E-state index in [1.807, 2.05) is 6.92 Å². The summed E-state index contributed by atoms with van der Waals surface area (Å²) in [5, 5.41) is 0. The van der Waals surface area contributed by atoms with Crippen LogP contribution < -0.4 is 10.3 Å². The lowest BCUT2D eigenvalue weighted by atomic mass is 10.2. The van der Waals surface area contributed by atoms with Crippen molar-refractivity contribution in [2.24, 2.45) is 0 Å². The first-order chi connectivity index (χ1) is 8.99. The molecule has 2 aromatic rings. The second-order valence-corrected chi connectivity index (χ2v) is 6.99. The minimum Gasteiger partial charge on any atom is -0.273 e. The molecule has 5 nitrogen and oxygen atoms in total. The fraction of sp³-hybridized carbons (Fsp3) is 0.0833. The number of hydrazine groups is 1. The lowest BCUT2D eigenvalue weighted by molar-refractivity contribution is 0.0945. The lowest BCUT2D eigenvalue weighted by Crippen LogP contribution is -2.41. The van der Waals surface area contributed by atoms with E-state index in [9.17, 15) is 13.2 Å². The topological polar surface area (TPSA) is 75.3 Å². The van der Waals surface area contributed by atoms with Crippen molar-refractivity contribution in [2.75, 3.05) is 0 Å². The van der Waals surface area contributed by atoms with E-state index in [0.717, 1.165) is 16.2 Å². The second kappa shape index (κ2) is 5.52. The molecule has 1 amide bonds. The van der Waals surface area contributed by atoms with Gasteiger partial charge in [-0.25, -0.2) is 8.42 Å². The lowest BCUT2D eigenvalue weighted by Gasteiger charge is -2.06. The standard InChI is InChI=1S/C12H12N2O3S2/c1-9-7-8-11(18-9)19(16,17)14-13-12(15)10-5-3-2-4-6-10/h2-8,14H,1H3,(H,13,15). The Hall–Kier alpha value is -1.70. The molecule has 0 aliphatic heterocycles. The molecule has 0 saturated heterocycles. The third kappa shape index (κ3) is 3.40. The second-order valence-electron chi connectivity index (χ2n) is 3.79. The van der Waals surface area contributed by atoms with Gasteiger partial charge in [-0.05, 0) is 31.2 Å². The molecule has 1 heterocycles. The zero-order chi connectivity index (χ0) is 13.9. The van der Waals surface area contributed by atoms with Gasteiger partial charge in [0.15, 0.2) is 0 Å². The molecule has 19 heavy (non-hydrogen) atoms. The number of thiophene rings is 1. The molecule has 0 aliphatic carbocycles. The van der Waals surface area contributed by atoms with Crippen molar-refractivity contribution in [3.8, 4) is 0 Å². The molecule has 1 aromatic carbocycles. The van der Waals surface area contributed by atoms with Gasteiger partial charge in [-0.1, -0.05) is 18.2 Å². The molecule has 1 aromatic heterocycles. The largest absolute Gasteiger partial charge is 0.273 e. The van der Waals surface area contributed by atoms with Crippen LogP contribution in [0.5, 0.6) is 0 Å². The monoisotopic (exact) mass is 296 g/mol. The Bertz CT molecular complexity index is 678. The van der Waals surface area contributed by atoms with Crippen molar-refractivity contribution < 1.29 is 13.2 Å². The van der Waals surface area contributed by atoms with Crippen LogP contribution in [0, 0.1) is 6.92 Å². The van der Waals surface area contributed by atoms with E-state index in [-0.39, 0.29) is 4.21 Å². The van der Waals surface area contributed by atoms with Crippen LogP contribution in [0.15, 0.2) is 46.7 Å². The summed E-state index contributed by atoms with van der Waals surface area (Å²) in [6.07, 6.45) is 0. The summed E-state index contributed by atoms with van der Waals surface area (Å²) in [5.41, 5.74) is 2.56. The molecule has 2 rings (SSSR count). The summed E-state index contributed by atoms with van der Waals surface area (Å²) in [7, 11) is -3.71. The number of carbonyl (C=O) groups is 1. The number of hydrogen-bond donors (Lipinski definition) is 2. The van der Waals surface area contributed by atoms with Crippen molar-refractivity contribution in [1.82, 2.24) is 10.3 Å². The van der Waals surface area contributed by atoms with E-state index < -0.39 is 15.9 Å². The molecule has 0 fully saturated rings. The minimum absolute atomic E-state index is 0.165. The Morgan fingerprint density at radius 2 is 1.79 bits per heavy atom. The summed E-state index contributed by atoms with van der Waals surface area (Å²) < 4.78 is 23.9. The van der Waals surface area contributed by atoms with Gasteiger partial charge in [0.2, 0.25) is 0 Å². The van der Waals surface area contributed by atoms with Crippen molar-refractivity contribution in [1.29, 1.82) is 0 Å². The first-order valence-electron chi connectivity index (χ1n) is 5.43. The number of sulfonamides is 1. The van der Waals surface area contributed by atoms with Gasteiger partial charge < -0.3 is 0 Å². The zero-order valence-corrected chi connectivity index (χ0v) is 11.7. The average molecular weight is 296 g/mol. The third-order valence-corrected chi connectivity index (χ3v) is 5.06. The Balaban J connectivity index is 2.05. The van der Waals surface area contributed by atoms with E-state index in [4.69, 9.17) is 0 Å². The van der Waals surface area contributed by atoms with E-state index in [2.05, 4.69) is 10.3 Å². The van der Waals surface area contributed by atoms with Gasteiger partial charge in [0.1, 0.15) is 4.21 Å². The average Bonchev–Trinajstić information content (AvgIpc) is 2.85. The van der Waals surface area contributed by atoms with Crippen LogP contribution >= 0.6 is 11.3 Å². The molecule has 2 N–H and O–H groups in total. The quantitative estimate of drug-likeness (QED) is 0.843. The van der Waals surface area contributed by atoms with Gasteiger partial charge in [0.05, 0.1) is 0 Å². The number of nitrogens with one attached hydrogen (secondary N) is 2. The number of aryl methyl sites for hydroxylation is 1. The van der Waals surface area contributed by atoms with E-state index in [1.54, 1.807) is 36.4 Å². The summed E-state index contributed by atoms with van der Waals surface area (Å²) >= 11 is 1.14. The maximum absolute atomic E-state index is 11.9. The minimum atomic E-state index is -3.71. The molecule has 100 valence electrons. The molecule has 0 radical (unpaired) electrons. The Morgan fingerprint density at radius 1 is 1.11 bits per heavy atom. The highest BCUT2D eigenvalue weighted by Crippen LogP contribution is 2.19. The zero-order valence-electron chi connectivity index (χ0n) is 10.1. The smallest absolute Gasteiger partial charge is 0.266 e. The van der Waals surface area contributed by atoms with Crippen LogP contribution in [0.2, 0.25) is 0 Å². The highest BCUT2D eigenvalue weighted by atomic mass is 32.2. The first-order valence-corrected chi connectivity index (χ1v) is 7.72. The summed E-state index contributed by atoms with van der Waals surface area (Å²) in [4.78, 5) is 14.6. The highest BCUT2D eigenvalue weighted by Gasteiger charge is 2.17. The number of benzene rings is 1. The SMILES string of the molecule is Cc1ccc(S(=O)(=O)NNC(=O)c2ccccc2)s1. The van der Waals surface area contributed by atoms with Gasteiger partial charge in [0, 0.05) is 10.4 Å². The van der Waals surface area contributed by atoms with Crippen LogP contribution in [0.4, 0.5) is 0 Å². The van der Waals surface area contributed by atoms with Crippen LogP contribution in [0.3, 0.4) is 0 Å². The van der Waals surface area contributed by atoms with Gasteiger partial charge in [-0.2, -0.15) is 0 Å². The van der Waals surface area contributed by atoms with E-state index >= 15 is 0 Å².